The molecule has 0 spiro atoms. The summed E-state index contributed by atoms with van der Waals surface area (Å²) in [6.45, 7) is -0.229. The van der Waals surface area contributed by atoms with Crippen molar-refractivity contribution in [2.24, 2.45) is 5.73 Å². The first-order valence-electron chi connectivity index (χ1n) is 3.93. The van der Waals surface area contributed by atoms with Crippen LogP contribution in [0.2, 0.25) is 0 Å². The first-order chi connectivity index (χ1) is 7.15. The standard InChI is InChI=1S/C6H10F3NO5S/c1-14-5(11)4(2-3-10)15-16(12,13)6(7,8)9/h4H,2-3,10H2,1H3. The molecule has 0 saturated carbocycles. The van der Waals surface area contributed by atoms with Gasteiger partial charge in [0.2, 0.25) is 0 Å². The Kier molecular flexibility index (Phi) is 5.16. The van der Waals surface area contributed by atoms with Crippen LogP contribution in [0.5, 0.6) is 0 Å². The van der Waals surface area contributed by atoms with Gasteiger partial charge in [0, 0.05) is 0 Å². The van der Waals surface area contributed by atoms with E-state index in [1.165, 1.54) is 0 Å². The zero-order chi connectivity index (χ0) is 13.0. The lowest BCUT2D eigenvalue weighted by Gasteiger charge is -2.15. The van der Waals surface area contributed by atoms with E-state index in [4.69, 9.17) is 5.73 Å². The highest BCUT2D eigenvalue weighted by molar-refractivity contribution is 7.87. The smallest absolute Gasteiger partial charge is 0.467 e. The first kappa shape index (κ1) is 15.1. The van der Waals surface area contributed by atoms with Crippen LogP contribution in [0.3, 0.4) is 0 Å². The van der Waals surface area contributed by atoms with Crippen LogP contribution in [0.4, 0.5) is 13.2 Å². The van der Waals surface area contributed by atoms with E-state index in [0.29, 0.717) is 0 Å². The number of halogens is 3. The highest BCUT2D eigenvalue weighted by atomic mass is 32.2. The average molecular weight is 265 g/mol. The summed E-state index contributed by atoms with van der Waals surface area (Å²) < 4.78 is 64.6. The van der Waals surface area contributed by atoms with Gasteiger partial charge in [0.15, 0.2) is 6.10 Å². The summed E-state index contributed by atoms with van der Waals surface area (Å²) in [5.41, 5.74) is -0.603. The molecule has 0 fully saturated rings. The Balaban J connectivity index is 4.84. The van der Waals surface area contributed by atoms with E-state index in [0.717, 1.165) is 7.11 Å². The van der Waals surface area contributed by atoms with Crippen LogP contribution < -0.4 is 5.73 Å². The second-order valence-corrected chi connectivity index (χ2v) is 4.15. The van der Waals surface area contributed by atoms with Gasteiger partial charge in [0.25, 0.3) is 0 Å². The number of esters is 1. The first-order valence-corrected chi connectivity index (χ1v) is 5.34. The van der Waals surface area contributed by atoms with Crippen LogP contribution in [0, 0.1) is 0 Å². The number of rotatable bonds is 5. The topological polar surface area (TPSA) is 95.7 Å². The summed E-state index contributed by atoms with van der Waals surface area (Å²) >= 11 is 0. The number of carbonyl (C=O) groups excluding carboxylic acids is 1. The summed E-state index contributed by atoms with van der Waals surface area (Å²) in [5, 5.41) is 0. The lowest BCUT2D eigenvalue weighted by atomic mass is 10.2. The van der Waals surface area contributed by atoms with Crippen LogP contribution in [-0.2, 0) is 23.8 Å². The number of hydrogen-bond acceptors (Lipinski definition) is 6. The fourth-order valence-corrected chi connectivity index (χ4v) is 1.29. The van der Waals surface area contributed by atoms with Gasteiger partial charge in [0.05, 0.1) is 7.11 Å². The van der Waals surface area contributed by atoms with Crippen molar-refractivity contribution in [1.82, 2.24) is 0 Å². The van der Waals surface area contributed by atoms with Gasteiger partial charge < -0.3 is 10.5 Å². The lowest BCUT2D eigenvalue weighted by molar-refractivity contribution is -0.149. The molecule has 96 valence electrons. The third-order valence-electron chi connectivity index (χ3n) is 1.42. The summed E-state index contributed by atoms with van der Waals surface area (Å²) in [7, 11) is -4.95. The van der Waals surface area contributed by atoms with Crippen molar-refractivity contribution in [3.63, 3.8) is 0 Å². The van der Waals surface area contributed by atoms with Crippen molar-refractivity contribution in [3.8, 4) is 0 Å². The molecule has 16 heavy (non-hydrogen) atoms. The van der Waals surface area contributed by atoms with Gasteiger partial charge in [-0.1, -0.05) is 0 Å². The Morgan fingerprint density at radius 1 is 1.44 bits per heavy atom. The van der Waals surface area contributed by atoms with Crippen molar-refractivity contribution in [2.45, 2.75) is 18.0 Å². The van der Waals surface area contributed by atoms with Crippen molar-refractivity contribution in [1.29, 1.82) is 0 Å². The molecular formula is C6H10F3NO5S. The maximum absolute atomic E-state index is 11.9. The van der Waals surface area contributed by atoms with Crippen LogP contribution >= 0.6 is 0 Å². The van der Waals surface area contributed by atoms with E-state index < -0.39 is 34.1 Å². The average Bonchev–Trinajstić information content (AvgIpc) is 2.14. The summed E-state index contributed by atoms with van der Waals surface area (Å²) in [6, 6.07) is 0. The second kappa shape index (κ2) is 5.46. The normalized spacial score (nSPS) is 14.6. The van der Waals surface area contributed by atoms with E-state index in [9.17, 15) is 26.4 Å². The van der Waals surface area contributed by atoms with E-state index in [1.54, 1.807) is 0 Å². The lowest BCUT2D eigenvalue weighted by Crippen LogP contribution is -2.36. The van der Waals surface area contributed by atoms with E-state index in [1.807, 2.05) is 0 Å². The number of hydrogen-bond donors (Lipinski definition) is 1. The molecule has 0 aliphatic carbocycles. The van der Waals surface area contributed by atoms with Crippen LogP contribution in [-0.4, -0.2) is 39.7 Å². The summed E-state index contributed by atoms with van der Waals surface area (Å²) in [5.74, 6) is -1.24. The Hall–Kier alpha value is -0.870. The van der Waals surface area contributed by atoms with Gasteiger partial charge in [-0.25, -0.2) is 8.98 Å². The summed E-state index contributed by atoms with van der Waals surface area (Å²) in [6.07, 6.45) is -2.29. The predicted molar refractivity (Wildman–Crippen MR) is 45.5 cm³/mol. The largest absolute Gasteiger partial charge is 0.523 e. The minimum absolute atomic E-state index is 0.229. The number of methoxy groups -OCH3 is 1. The molecule has 0 radical (unpaired) electrons. The molecule has 0 aliphatic rings. The molecule has 6 nitrogen and oxygen atoms in total. The quantitative estimate of drug-likeness (QED) is 0.418. The molecule has 1 atom stereocenters. The maximum Gasteiger partial charge on any atom is 0.523 e. The molecule has 2 N–H and O–H groups in total. The molecule has 0 aromatic carbocycles. The second-order valence-electron chi connectivity index (χ2n) is 2.59. The Labute approximate surface area is 89.6 Å². The maximum atomic E-state index is 11.9. The molecule has 0 aromatic heterocycles. The number of ether oxygens (including phenoxy) is 1. The molecule has 0 aliphatic heterocycles. The van der Waals surface area contributed by atoms with E-state index in [2.05, 4.69) is 8.92 Å². The van der Waals surface area contributed by atoms with Crippen LogP contribution in [0.1, 0.15) is 6.42 Å². The Bertz CT molecular complexity index is 339. The Morgan fingerprint density at radius 3 is 2.25 bits per heavy atom. The third-order valence-corrected chi connectivity index (χ3v) is 2.47. The van der Waals surface area contributed by atoms with E-state index >= 15 is 0 Å². The van der Waals surface area contributed by atoms with Gasteiger partial charge in [-0.2, -0.15) is 21.6 Å². The molecule has 10 heteroatoms. The molecule has 0 aromatic rings. The van der Waals surface area contributed by atoms with Crippen LogP contribution in [0.25, 0.3) is 0 Å². The fraction of sp³-hybridized carbons (Fsp3) is 0.833. The number of carbonyl (C=O) groups is 1. The zero-order valence-corrected chi connectivity index (χ0v) is 8.97. The van der Waals surface area contributed by atoms with Crippen molar-refractivity contribution in [3.05, 3.63) is 0 Å². The minimum Gasteiger partial charge on any atom is -0.467 e. The number of alkyl halides is 3. The van der Waals surface area contributed by atoms with Gasteiger partial charge >= 0.3 is 21.6 Å². The predicted octanol–water partition coefficient (Wildman–Crippen LogP) is -0.257. The van der Waals surface area contributed by atoms with Gasteiger partial charge in [-0.05, 0) is 13.0 Å². The molecule has 0 heterocycles. The van der Waals surface area contributed by atoms with Gasteiger partial charge in [0.1, 0.15) is 0 Å². The molecule has 0 rings (SSSR count). The molecular weight excluding hydrogens is 255 g/mol. The molecule has 1 unspecified atom stereocenters. The Morgan fingerprint density at radius 2 is 1.94 bits per heavy atom. The fourth-order valence-electron chi connectivity index (χ4n) is 0.696. The highest BCUT2D eigenvalue weighted by Gasteiger charge is 2.49. The highest BCUT2D eigenvalue weighted by Crippen LogP contribution is 2.26. The molecule has 0 amide bonds. The monoisotopic (exact) mass is 265 g/mol. The number of nitrogens with two attached hydrogens (primary N) is 1. The molecule has 0 saturated heterocycles. The van der Waals surface area contributed by atoms with Crippen molar-refractivity contribution < 1.29 is 35.3 Å². The van der Waals surface area contributed by atoms with Crippen molar-refractivity contribution >= 4 is 16.1 Å². The van der Waals surface area contributed by atoms with Crippen LogP contribution in [0.15, 0.2) is 0 Å². The van der Waals surface area contributed by atoms with Gasteiger partial charge in [-0.3, -0.25) is 0 Å². The summed E-state index contributed by atoms with van der Waals surface area (Å²) in [4.78, 5) is 10.9. The third kappa shape index (κ3) is 3.94. The van der Waals surface area contributed by atoms with Gasteiger partial charge in [-0.15, -0.1) is 0 Å². The minimum atomic E-state index is -5.83. The SMILES string of the molecule is COC(=O)C(CCN)OS(=O)(=O)C(F)(F)F. The van der Waals surface area contributed by atoms with Crippen molar-refractivity contribution in [2.75, 3.05) is 13.7 Å². The molecule has 0 bridgehead atoms. The van der Waals surface area contributed by atoms with E-state index in [-0.39, 0.29) is 6.54 Å². The zero-order valence-electron chi connectivity index (χ0n) is 8.15.